The van der Waals surface area contributed by atoms with Gasteiger partial charge in [0.1, 0.15) is 0 Å². The van der Waals surface area contributed by atoms with E-state index < -0.39 is 10.0 Å². The fraction of sp³-hybridized carbons (Fsp3) is 0.350. The lowest BCUT2D eigenvalue weighted by Crippen LogP contribution is -2.53. The van der Waals surface area contributed by atoms with Crippen molar-refractivity contribution in [2.24, 2.45) is 0 Å². The van der Waals surface area contributed by atoms with Gasteiger partial charge in [-0.3, -0.25) is 0 Å². The second-order valence-electron chi connectivity index (χ2n) is 6.60. The molecule has 0 atom stereocenters. The summed E-state index contributed by atoms with van der Waals surface area (Å²) in [4.78, 5) is 14.0. The number of piperazine rings is 1. The van der Waals surface area contributed by atoms with Gasteiger partial charge in [-0.25, -0.2) is 13.2 Å². The molecule has 1 heterocycles. The van der Waals surface area contributed by atoms with Crippen LogP contribution in [0.15, 0.2) is 60.7 Å². The minimum absolute atomic E-state index is 0.00287. The average molecular weight is 388 g/mol. The maximum Gasteiger partial charge on any atom is 0.317 e. The Morgan fingerprint density at radius 1 is 0.852 bits per heavy atom. The molecular formula is C20H25N3O3S. The van der Waals surface area contributed by atoms with Gasteiger partial charge in [0.15, 0.2) is 0 Å². The summed E-state index contributed by atoms with van der Waals surface area (Å²) in [6, 6.07) is 19.0. The van der Waals surface area contributed by atoms with Crippen LogP contribution < -0.4 is 5.32 Å². The van der Waals surface area contributed by atoms with Crippen LogP contribution in [-0.4, -0.2) is 56.4 Å². The lowest BCUT2D eigenvalue weighted by molar-refractivity contribution is 0.172. The van der Waals surface area contributed by atoms with Gasteiger partial charge >= 0.3 is 6.03 Å². The molecule has 144 valence electrons. The molecular weight excluding hydrogens is 362 g/mol. The number of rotatable bonds is 6. The lowest BCUT2D eigenvalue weighted by Gasteiger charge is -2.34. The van der Waals surface area contributed by atoms with Crippen molar-refractivity contribution in [3.05, 3.63) is 71.8 Å². The molecule has 0 aliphatic carbocycles. The number of hydrogen-bond acceptors (Lipinski definition) is 3. The highest BCUT2D eigenvalue weighted by molar-refractivity contribution is 7.88. The number of sulfonamides is 1. The number of carbonyl (C=O) groups excluding carboxylic acids is 1. The van der Waals surface area contributed by atoms with Crippen LogP contribution in [0.5, 0.6) is 0 Å². The van der Waals surface area contributed by atoms with Crippen molar-refractivity contribution in [2.45, 2.75) is 12.2 Å². The summed E-state index contributed by atoms with van der Waals surface area (Å²) in [5.74, 6) is -0.00287. The number of nitrogens with one attached hydrogen (secondary N) is 1. The highest BCUT2D eigenvalue weighted by Crippen LogP contribution is 2.13. The summed E-state index contributed by atoms with van der Waals surface area (Å²) in [6.07, 6.45) is 0.776. The van der Waals surface area contributed by atoms with Crippen molar-refractivity contribution >= 4 is 16.1 Å². The van der Waals surface area contributed by atoms with Crippen molar-refractivity contribution in [3.63, 3.8) is 0 Å². The molecule has 0 saturated carbocycles. The summed E-state index contributed by atoms with van der Waals surface area (Å²) >= 11 is 0. The van der Waals surface area contributed by atoms with Crippen LogP contribution in [0.3, 0.4) is 0 Å². The molecule has 0 radical (unpaired) electrons. The van der Waals surface area contributed by atoms with Gasteiger partial charge in [-0.15, -0.1) is 0 Å². The minimum Gasteiger partial charge on any atom is -0.338 e. The first-order valence-corrected chi connectivity index (χ1v) is 10.7. The van der Waals surface area contributed by atoms with Crippen molar-refractivity contribution in [1.29, 1.82) is 0 Å². The molecule has 2 aromatic rings. The van der Waals surface area contributed by atoms with E-state index in [2.05, 4.69) is 5.32 Å². The Balaban J connectivity index is 1.44. The zero-order chi connectivity index (χ0) is 19.1. The standard InChI is InChI=1S/C20H25N3O3S/c24-20(21-12-11-18-7-3-1-4-8-18)22-13-15-23(16-14-22)27(25,26)17-19-9-5-2-6-10-19/h1-10H,11-17H2,(H,21,24). The number of nitrogens with zero attached hydrogens (tertiary/aromatic N) is 2. The normalized spacial score (nSPS) is 15.5. The van der Waals surface area contributed by atoms with E-state index in [0.29, 0.717) is 32.7 Å². The Bertz CT molecular complexity index is 833. The predicted octanol–water partition coefficient (Wildman–Crippen LogP) is 2.09. The summed E-state index contributed by atoms with van der Waals surface area (Å²) in [7, 11) is -3.36. The molecule has 0 aromatic heterocycles. The van der Waals surface area contributed by atoms with Crippen LogP contribution >= 0.6 is 0 Å². The van der Waals surface area contributed by atoms with Gasteiger partial charge in [0.2, 0.25) is 10.0 Å². The fourth-order valence-electron chi connectivity index (χ4n) is 3.12. The number of benzene rings is 2. The van der Waals surface area contributed by atoms with Gasteiger partial charge in [-0.05, 0) is 17.5 Å². The molecule has 0 spiro atoms. The first-order valence-electron chi connectivity index (χ1n) is 9.13. The lowest BCUT2D eigenvalue weighted by atomic mass is 10.1. The topological polar surface area (TPSA) is 69.7 Å². The monoisotopic (exact) mass is 387 g/mol. The molecule has 3 rings (SSSR count). The van der Waals surface area contributed by atoms with E-state index in [9.17, 15) is 13.2 Å². The summed E-state index contributed by atoms with van der Waals surface area (Å²) in [5.41, 5.74) is 1.95. The minimum atomic E-state index is -3.36. The zero-order valence-electron chi connectivity index (χ0n) is 15.3. The maximum absolute atomic E-state index is 12.6. The number of urea groups is 1. The Labute approximate surface area is 160 Å². The van der Waals surface area contributed by atoms with Crippen LogP contribution in [0.1, 0.15) is 11.1 Å². The SMILES string of the molecule is O=C(NCCc1ccccc1)N1CCN(S(=O)(=O)Cc2ccccc2)CC1. The van der Waals surface area contributed by atoms with E-state index in [1.807, 2.05) is 60.7 Å². The van der Waals surface area contributed by atoms with Crippen LogP contribution in [-0.2, 0) is 22.2 Å². The second kappa shape index (κ2) is 9.01. The molecule has 1 aliphatic heterocycles. The molecule has 0 unspecified atom stereocenters. The third-order valence-electron chi connectivity index (χ3n) is 4.64. The highest BCUT2D eigenvalue weighted by atomic mass is 32.2. The molecule has 6 nitrogen and oxygen atoms in total. The molecule has 1 N–H and O–H groups in total. The number of hydrogen-bond donors (Lipinski definition) is 1. The van der Waals surface area contributed by atoms with Gasteiger partial charge in [0.05, 0.1) is 5.75 Å². The van der Waals surface area contributed by atoms with Crippen molar-refractivity contribution in [3.8, 4) is 0 Å². The highest BCUT2D eigenvalue weighted by Gasteiger charge is 2.28. The molecule has 2 amide bonds. The molecule has 1 aliphatic rings. The molecule has 27 heavy (non-hydrogen) atoms. The van der Waals surface area contributed by atoms with E-state index in [4.69, 9.17) is 0 Å². The smallest absolute Gasteiger partial charge is 0.317 e. The van der Waals surface area contributed by atoms with E-state index in [0.717, 1.165) is 12.0 Å². The summed E-state index contributed by atoms with van der Waals surface area (Å²) in [5, 5.41) is 2.91. The summed E-state index contributed by atoms with van der Waals surface area (Å²) < 4.78 is 26.6. The first-order chi connectivity index (χ1) is 13.0. The fourth-order valence-corrected chi connectivity index (χ4v) is 4.63. The van der Waals surface area contributed by atoms with Gasteiger partial charge in [-0.2, -0.15) is 4.31 Å². The van der Waals surface area contributed by atoms with Crippen molar-refractivity contribution in [1.82, 2.24) is 14.5 Å². The zero-order valence-corrected chi connectivity index (χ0v) is 16.1. The van der Waals surface area contributed by atoms with Gasteiger partial charge in [-0.1, -0.05) is 60.7 Å². The average Bonchev–Trinajstić information content (AvgIpc) is 2.69. The first kappa shape index (κ1) is 19.4. The van der Waals surface area contributed by atoms with Crippen molar-refractivity contribution in [2.75, 3.05) is 32.7 Å². The van der Waals surface area contributed by atoms with Gasteiger partial charge in [0, 0.05) is 32.7 Å². The van der Waals surface area contributed by atoms with Crippen LogP contribution in [0, 0.1) is 0 Å². The third kappa shape index (κ3) is 5.55. The Morgan fingerprint density at radius 2 is 1.41 bits per heavy atom. The largest absolute Gasteiger partial charge is 0.338 e. The van der Waals surface area contributed by atoms with Crippen molar-refractivity contribution < 1.29 is 13.2 Å². The molecule has 1 fully saturated rings. The maximum atomic E-state index is 12.6. The number of amides is 2. The van der Waals surface area contributed by atoms with E-state index >= 15 is 0 Å². The van der Waals surface area contributed by atoms with E-state index in [1.54, 1.807) is 4.90 Å². The quantitative estimate of drug-likeness (QED) is 0.825. The molecule has 1 saturated heterocycles. The Hall–Kier alpha value is -2.38. The van der Waals surface area contributed by atoms with Crippen LogP contribution in [0.25, 0.3) is 0 Å². The summed E-state index contributed by atoms with van der Waals surface area (Å²) in [6.45, 7) is 2.05. The van der Waals surface area contributed by atoms with Gasteiger partial charge in [0.25, 0.3) is 0 Å². The predicted molar refractivity (Wildman–Crippen MR) is 106 cm³/mol. The van der Waals surface area contributed by atoms with E-state index in [-0.39, 0.29) is 11.8 Å². The second-order valence-corrected chi connectivity index (χ2v) is 8.56. The van der Waals surface area contributed by atoms with E-state index in [1.165, 1.54) is 9.87 Å². The number of carbonyl (C=O) groups is 1. The third-order valence-corrected chi connectivity index (χ3v) is 6.49. The molecule has 7 heteroatoms. The molecule has 0 bridgehead atoms. The Kier molecular flexibility index (Phi) is 6.47. The van der Waals surface area contributed by atoms with Gasteiger partial charge < -0.3 is 10.2 Å². The Morgan fingerprint density at radius 3 is 2.00 bits per heavy atom. The van der Waals surface area contributed by atoms with Crippen LogP contribution in [0.4, 0.5) is 4.79 Å². The van der Waals surface area contributed by atoms with Crippen LogP contribution in [0.2, 0.25) is 0 Å². The molecule has 2 aromatic carbocycles.